The number of rotatable bonds is 4. The van der Waals surface area contributed by atoms with E-state index in [4.69, 9.17) is 5.73 Å². The Morgan fingerprint density at radius 2 is 1.76 bits per heavy atom. The molecule has 5 nitrogen and oxygen atoms in total. The smallest absolute Gasteiger partial charge is 0.261 e. The van der Waals surface area contributed by atoms with Crippen LogP contribution in [-0.4, -0.2) is 14.3 Å². The van der Waals surface area contributed by atoms with Crippen LogP contribution < -0.4 is 10.5 Å². The molecule has 0 bridgehead atoms. The number of aryl methyl sites for hydroxylation is 1. The van der Waals surface area contributed by atoms with Gasteiger partial charge in [-0.1, -0.05) is 6.07 Å². The lowest BCUT2D eigenvalue weighted by molar-refractivity contribution is 0.100. The van der Waals surface area contributed by atoms with Gasteiger partial charge < -0.3 is 5.73 Å². The van der Waals surface area contributed by atoms with Crippen molar-refractivity contribution in [1.29, 1.82) is 0 Å². The number of carbonyl (C=O) groups is 1. The van der Waals surface area contributed by atoms with Gasteiger partial charge in [-0.3, -0.25) is 9.52 Å². The molecule has 0 saturated carbocycles. The molecular formula is C14H13FN2O3S. The minimum Gasteiger partial charge on any atom is -0.366 e. The quantitative estimate of drug-likeness (QED) is 0.905. The van der Waals surface area contributed by atoms with Crippen molar-refractivity contribution in [2.75, 3.05) is 4.72 Å². The molecule has 0 spiro atoms. The molecule has 110 valence electrons. The molecule has 0 saturated heterocycles. The fourth-order valence-corrected chi connectivity index (χ4v) is 2.73. The van der Waals surface area contributed by atoms with Crippen molar-refractivity contribution in [3.63, 3.8) is 0 Å². The molecular weight excluding hydrogens is 295 g/mol. The van der Waals surface area contributed by atoms with Crippen molar-refractivity contribution < 1.29 is 17.6 Å². The summed E-state index contributed by atoms with van der Waals surface area (Å²) < 4.78 is 40.0. The Labute approximate surface area is 121 Å². The zero-order valence-corrected chi connectivity index (χ0v) is 11.9. The molecule has 0 unspecified atom stereocenters. The van der Waals surface area contributed by atoms with Crippen LogP contribution in [0.1, 0.15) is 15.9 Å². The highest BCUT2D eigenvalue weighted by Gasteiger charge is 2.15. The first-order valence-corrected chi connectivity index (χ1v) is 7.47. The van der Waals surface area contributed by atoms with E-state index in [1.165, 1.54) is 36.4 Å². The molecule has 21 heavy (non-hydrogen) atoms. The zero-order valence-electron chi connectivity index (χ0n) is 11.1. The van der Waals surface area contributed by atoms with E-state index in [1.54, 1.807) is 6.92 Å². The third-order valence-electron chi connectivity index (χ3n) is 2.88. The number of amides is 1. The standard InChI is InChI=1S/C14H13FN2O3S/c1-9-2-7-12(8-13(9)15)21(19,20)17-11-5-3-10(4-6-11)14(16)18/h2-8,17H,1H3,(H2,16,18). The molecule has 2 rings (SSSR count). The summed E-state index contributed by atoms with van der Waals surface area (Å²) in [6.07, 6.45) is 0. The Bertz CT molecular complexity index is 786. The highest BCUT2D eigenvalue weighted by atomic mass is 32.2. The van der Waals surface area contributed by atoms with Crippen molar-refractivity contribution in [2.45, 2.75) is 11.8 Å². The summed E-state index contributed by atoms with van der Waals surface area (Å²) in [6.45, 7) is 1.54. The predicted octanol–water partition coefficient (Wildman–Crippen LogP) is 2.03. The van der Waals surface area contributed by atoms with Gasteiger partial charge in [-0.2, -0.15) is 0 Å². The van der Waals surface area contributed by atoms with Gasteiger partial charge in [0.05, 0.1) is 4.90 Å². The van der Waals surface area contributed by atoms with Crippen molar-refractivity contribution in [2.24, 2.45) is 5.73 Å². The molecule has 1 amide bonds. The minimum absolute atomic E-state index is 0.176. The summed E-state index contributed by atoms with van der Waals surface area (Å²) >= 11 is 0. The van der Waals surface area contributed by atoms with Crippen LogP contribution in [0.2, 0.25) is 0 Å². The van der Waals surface area contributed by atoms with Crippen molar-refractivity contribution in [3.8, 4) is 0 Å². The Morgan fingerprint density at radius 3 is 2.29 bits per heavy atom. The van der Waals surface area contributed by atoms with Gasteiger partial charge >= 0.3 is 0 Å². The predicted molar refractivity (Wildman–Crippen MR) is 76.9 cm³/mol. The molecule has 3 N–H and O–H groups in total. The number of nitrogens with one attached hydrogen (secondary N) is 1. The summed E-state index contributed by atoms with van der Waals surface area (Å²) in [5.74, 6) is -1.20. The van der Waals surface area contributed by atoms with Gasteiger partial charge in [0.25, 0.3) is 10.0 Å². The van der Waals surface area contributed by atoms with Gasteiger partial charge in [0.1, 0.15) is 5.82 Å². The molecule has 2 aromatic rings. The minimum atomic E-state index is -3.89. The van der Waals surface area contributed by atoms with Crippen LogP contribution in [0.3, 0.4) is 0 Å². The molecule has 0 aliphatic heterocycles. The molecule has 7 heteroatoms. The lowest BCUT2D eigenvalue weighted by Crippen LogP contribution is -2.14. The van der Waals surface area contributed by atoms with E-state index in [-0.39, 0.29) is 16.1 Å². The summed E-state index contributed by atoms with van der Waals surface area (Å²) in [6, 6.07) is 9.27. The van der Waals surface area contributed by atoms with E-state index in [0.29, 0.717) is 5.56 Å². The zero-order chi connectivity index (χ0) is 15.6. The molecule has 0 heterocycles. The van der Waals surface area contributed by atoms with Gasteiger partial charge in [-0.25, -0.2) is 12.8 Å². The Morgan fingerprint density at radius 1 is 1.14 bits per heavy atom. The van der Waals surface area contributed by atoms with Crippen LogP contribution in [0.5, 0.6) is 0 Å². The highest BCUT2D eigenvalue weighted by Crippen LogP contribution is 2.18. The van der Waals surface area contributed by atoms with Gasteiger partial charge in [-0.05, 0) is 48.9 Å². The van der Waals surface area contributed by atoms with Crippen molar-refractivity contribution in [1.82, 2.24) is 0 Å². The average molecular weight is 308 g/mol. The topological polar surface area (TPSA) is 89.3 Å². The monoisotopic (exact) mass is 308 g/mol. The number of sulfonamides is 1. The molecule has 0 radical (unpaired) electrons. The highest BCUT2D eigenvalue weighted by molar-refractivity contribution is 7.92. The maximum atomic E-state index is 13.4. The van der Waals surface area contributed by atoms with Crippen LogP contribution in [0, 0.1) is 12.7 Å². The van der Waals surface area contributed by atoms with E-state index < -0.39 is 21.7 Å². The lowest BCUT2D eigenvalue weighted by atomic mass is 10.2. The molecule has 0 aliphatic carbocycles. The van der Waals surface area contributed by atoms with Gasteiger partial charge in [0, 0.05) is 11.3 Å². The maximum absolute atomic E-state index is 13.4. The van der Waals surface area contributed by atoms with E-state index >= 15 is 0 Å². The molecule has 2 aromatic carbocycles. The van der Waals surface area contributed by atoms with Crippen LogP contribution in [0.25, 0.3) is 0 Å². The fourth-order valence-electron chi connectivity index (χ4n) is 1.66. The fraction of sp³-hybridized carbons (Fsp3) is 0.0714. The lowest BCUT2D eigenvalue weighted by Gasteiger charge is -2.09. The molecule has 0 fully saturated rings. The number of anilines is 1. The van der Waals surface area contributed by atoms with Crippen LogP contribution >= 0.6 is 0 Å². The molecule has 0 atom stereocenters. The SMILES string of the molecule is Cc1ccc(S(=O)(=O)Nc2ccc(C(N)=O)cc2)cc1F. The largest absolute Gasteiger partial charge is 0.366 e. The Kier molecular flexibility index (Phi) is 3.95. The molecule has 0 aromatic heterocycles. The second-order valence-electron chi connectivity index (χ2n) is 4.46. The van der Waals surface area contributed by atoms with Crippen LogP contribution in [0.4, 0.5) is 10.1 Å². The van der Waals surface area contributed by atoms with Gasteiger partial charge in [0.15, 0.2) is 0 Å². The maximum Gasteiger partial charge on any atom is 0.261 e. The second kappa shape index (κ2) is 5.53. The van der Waals surface area contributed by atoms with Gasteiger partial charge in [-0.15, -0.1) is 0 Å². The van der Waals surface area contributed by atoms with Gasteiger partial charge in [0.2, 0.25) is 5.91 Å². The molecule has 0 aliphatic rings. The first-order valence-electron chi connectivity index (χ1n) is 5.98. The summed E-state index contributed by atoms with van der Waals surface area (Å²) in [4.78, 5) is 10.8. The van der Waals surface area contributed by atoms with Crippen molar-refractivity contribution >= 4 is 21.6 Å². The number of hydrogen-bond acceptors (Lipinski definition) is 3. The summed E-state index contributed by atoms with van der Waals surface area (Å²) in [5.41, 5.74) is 5.97. The summed E-state index contributed by atoms with van der Waals surface area (Å²) in [5, 5.41) is 0. The van der Waals surface area contributed by atoms with E-state index in [9.17, 15) is 17.6 Å². The third-order valence-corrected chi connectivity index (χ3v) is 4.25. The average Bonchev–Trinajstić information content (AvgIpc) is 2.42. The third kappa shape index (κ3) is 3.38. The van der Waals surface area contributed by atoms with E-state index in [0.717, 1.165) is 6.07 Å². The van der Waals surface area contributed by atoms with Crippen LogP contribution in [-0.2, 0) is 10.0 Å². The number of halogens is 1. The first-order chi connectivity index (χ1) is 9.79. The normalized spacial score (nSPS) is 11.1. The number of benzene rings is 2. The Hall–Kier alpha value is -2.41. The van der Waals surface area contributed by atoms with E-state index in [2.05, 4.69) is 4.72 Å². The number of hydrogen-bond donors (Lipinski definition) is 2. The number of nitrogens with two attached hydrogens (primary N) is 1. The van der Waals surface area contributed by atoms with Crippen LogP contribution in [0.15, 0.2) is 47.4 Å². The Balaban J connectivity index is 2.28. The summed E-state index contributed by atoms with van der Waals surface area (Å²) in [7, 11) is -3.89. The van der Waals surface area contributed by atoms with Crippen molar-refractivity contribution in [3.05, 3.63) is 59.4 Å². The van der Waals surface area contributed by atoms with E-state index in [1.807, 2.05) is 0 Å². The number of primary amides is 1. The first kappa shape index (κ1) is 15.0. The number of carbonyl (C=O) groups excluding carboxylic acids is 1. The second-order valence-corrected chi connectivity index (χ2v) is 6.14.